The molecule has 0 aliphatic rings. The summed E-state index contributed by atoms with van der Waals surface area (Å²) >= 11 is 0. The molecule has 4 aromatic rings. The number of nitrogens with one attached hydrogen (secondary N) is 2. The Morgan fingerprint density at radius 1 is 0.931 bits per heavy atom. The highest BCUT2D eigenvalue weighted by atomic mass is 16.6. The maximum absolute atomic E-state index is 11.8. The molecule has 9 nitrogen and oxygen atoms in total. The second-order valence-corrected chi connectivity index (χ2v) is 6.48. The first-order valence-electron chi connectivity index (χ1n) is 8.84. The SMILES string of the molecule is Cc1ccc(Nc2ncnc(Nc3cccc4ccc(C)nc34)c2[N+](=O)[O-])nc1. The van der Waals surface area contributed by atoms with Crippen molar-refractivity contribution in [3.8, 4) is 0 Å². The molecule has 0 saturated heterocycles. The van der Waals surface area contributed by atoms with Crippen molar-refractivity contribution in [3.05, 3.63) is 76.4 Å². The largest absolute Gasteiger partial charge is 0.353 e. The Bertz CT molecular complexity index is 1210. The van der Waals surface area contributed by atoms with Crippen molar-refractivity contribution in [2.24, 2.45) is 0 Å². The Balaban J connectivity index is 1.76. The van der Waals surface area contributed by atoms with Crippen LogP contribution in [0, 0.1) is 24.0 Å². The molecule has 4 rings (SSSR count). The van der Waals surface area contributed by atoms with Crippen LogP contribution in [0.1, 0.15) is 11.3 Å². The Kier molecular flexibility index (Phi) is 4.70. The third-order valence-corrected chi connectivity index (χ3v) is 4.28. The van der Waals surface area contributed by atoms with Crippen LogP contribution in [0.25, 0.3) is 10.9 Å². The third-order valence-electron chi connectivity index (χ3n) is 4.28. The van der Waals surface area contributed by atoms with Gasteiger partial charge in [0.1, 0.15) is 12.1 Å². The van der Waals surface area contributed by atoms with Crippen molar-refractivity contribution in [3.63, 3.8) is 0 Å². The number of hydrogen-bond acceptors (Lipinski definition) is 8. The summed E-state index contributed by atoms with van der Waals surface area (Å²) in [4.78, 5) is 28.2. The molecule has 0 bridgehead atoms. The van der Waals surface area contributed by atoms with E-state index in [9.17, 15) is 10.1 Å². The second kappa shape index (κ2) is 7.47. The number of pyridine rings is 2. The Hall–Kier alpha value is -4.14. The van der Waals surface area contributed by atoms with Gasteiger partial charge < -0.3 is 10.6 Å². The van der Waals surface area contributed by atoms with Crippen molar-refractivity contribution < 1.29 is 4.92 Å². The topological polar surface area (TPSA) is 119 Å². The molecule has 2 N–H and O–H groups in total. The van der Waals surface area contributed by atoms with Gasteiger partial charge in [-0.15, -0.1) is 0 Å². The minimum Gasteiger partial charge on any atom is -0.332 e. The smallest absolute Gasteiger partial charge is 0.332 e. The summed E-state index contributed by atoms with van der Waals surface area (Å²) in [5.41, 5.74) is 2.87. The standard InChI is InChI=1S/C20H17N7O2/c1-12-6-9-16(21-10-12)26-20-18(27(28)29)19(22-11-23-20)25-15-5-3-4-14-8-7-13(2)24-17(14)15/h3-11H,1-2H3,(H2,21,22,23,25,26). The molecular weight excluding hydrogens is 370 g/mol. The quantitative estimate of drug-likeness (QED) is 0.381. The predicted molar refractivity (Wildman–Crippen MR) is 111 cm³/mol. The number of anilines is 4. The van der Waals surface area contributed by atoms with E-state index in [4.69, 9.17) is 0 Å². The van der Waals surface area contributed by atoms with E-state index in [1.54, 1.807) is 18.3 Å². The monoisotopic (exact) mass is 387 g/mol. The van der Waals surface area contributed by atoms with Crippen LogP contribution in [-0.4, -0.2) is 24.9 Å². The number of nitrogens with zero attached hydrogens (tertiary/aromatic N) is 5. The molecule has 3 heterocycles. The number of aromatic nitrogens is 4. The lowest BCUT2D eigenvalue weighted by atomic mass is 10.1. The van der Waals surface area contributed by atoms with Crippen molar-refractivity contribution in [1.82, 2.24) is 19.9 Å². The minimum atomic E-state index is -0.525. The first-order chi connectivity index (χ1) is 14.0. The molecule has 0 amide bonds. The van der Waals surface area contributed by atoms with Gasteiger partial charge in [-0.2, -0.15) is 0 Å². The van der Waals surface area contributed by atoms with Crippen LogP contribution in [-0.2, 0) is 0 Å². The summed E-state index contributed by atoms with van der Waals surface area (Å²) < 4.78 is 0. The van der Waals surface area contributed by atoms with E-state index in [1.807, 2.05) is 44.2 Å². The molecule has 3 aromatic heterocycles. The molecule has 0 aliphatic carbocycles. The fourth-order valence-corrected chi connectivity index (χ4v) is 2.87. The summed E-state index contributed by atoms with van der Waals surface area (Å²) in [7, 11) is 0. The van der Waals surface area contributed by atoms with E-state index in [0.29, 0.717) is 17.0 Å². The predicted octanol–water partition coefficient (Wildman–Crippen LogP) is 4.43. The highest BCUT2D eigenvalue weighted by Gasteiger charge is 2.24. The van der Waals surface area contributed by atoms with Crippen LogP contribution < -0.4 is 10.6 Å². The van der Waals surface area contributed by atoms with Gasteiger partial charge in [-0.05, 0) is 37.6 Å². The van der Waals surface area contributed by atoms with Crippen LogP contribution in [0.5, 0.6) is 0 Å². The van der Waals surface area contributed by atoms with Gasteiger partial charge in [-0.25, -0.2) is 15.0 Å². The fraction of sp³-hybridized carbons (Fsp3) is 0.100. The summed E-state index contributed by atoms with van der Waals surface area (Å²) in [5, 5.41) is 18.7. The number of benzene rings is 1. The van der Waals surface area contributed by atoms with E-state index >= 15 is 0 Å². The molecule has 29 heavy (non-hydrogen) atoms. The van der Waals surface area contributed by atoms with Crippen LogP contribution >= 0.6 is 0 Å². The minimum absolute atomic E-state index is 0.0493. The number of nitro groups is 1. The molecule has 0 spiro atoms. The van der Waals surface area contributed by atoms with Gasteiger partial charge in [0, 0.05) is 17.3 Å². The Morgan fingerprint density at radius 3 is 2.45 bits per heavy atom. The highest BCUT2D eigenvalue weighted by molar-refractivity contribution is 5.93. The fourth-order valence-electron chi connectivity index (χ4n) is 2.87. The summed E-state index contributed by atoms with van der Waals surface area (Å²) in [6.45, 7) is 3.80. The lowest BCUT2D eigenvalue weighted by Crippen LogP contribution is -2.06. The van der Waals surface area contributed by atoms with Crippen molar-refractivity contribution in [1.29, 1.82) is 0 Å². The molecule has 0 atom stereocenters. The molecule has 9 heteroatoms. The van der Waals surface area contributed by atoms with Crippen molar-refractivity contribution in [2.75, 3.05) is 10.6 Å². The number of fused-ring (bicyclic) bond motifs is 1. The maximum Gasteiger partial charge on any atom is 0.353 e. The Morgan fingerprint density at radius 2 is 1.72 bits per heavy atom. The van der Waals surface area contributed by atoms with E-state index in [-0.39, 0.29) is 17.3 Å². The van der Waals surface area contributed by atoms with E-state index in [1.165, 1.54) is 6.33 Å². The lowest BCUT2D eigenvalue weighted by Gasteiger charge is -2.11. The second-order valence-electron chi connectivity index (χ2n) is 6.48. The highest BCUT2D eigenvalue weighted by Crippen LogP contribution is 2.34. The third kappa shape index (κ3) is 3.79. The first-order valence-corrected chi connectivity index (χ1v) is 8.84. The van der Waals surface area contributed by atoms with E-state index < -0.39 is 4.92 Å². The van der Waals surface area contributed by atoms with E-state index in [0.717, 1.165) is 16.6 Å². The number of aryl methyl sites for hydroxylation is 2. The average Bonchev–Trinajstić information content (AvgIpc) is 2.70. The molecule has 144 valence electrons. The number of rotatable bonds is 5. The maximum atomic E-state index is 11.8. The van der Waals surface area contributed by atoms with Gasteiger partial charge in [-0.1, -0.05) is 24.3 Å². The lowest BCUT2D eigenvalue weighted by molar-refractivity contribution is -0.383. The molecule has 0 fully saturated rings. The zero-order chi connectivity index (χ0) is 20.4. The van der Waals surface area contributed by atoms with Gasteiger partial charge >= 0.3 is 5.69 Å². The zero-order valence-electron chi connectivity index (χ0n) is 15.7. The molecule has 1 aromatic carbocycles. The molecule has 0 radical (unpaired) electrons. The van der Waals surface area contributed by atoms with Crippen molar-refractivity contribution in [2.45, 2.75) is 13.8 Å². The average molecular weight is 387 g/mol. The van der Waals surface area contributed by atoms with Gasteiger partial charge in [-0.3, -0.25) is 15.1 Å². The van der Waals surface area contributed by atoms with E-state index in [2.05, 4.69) is 30.6 Å². The summed E-state index contributed by atoms with van der Waals surface area (Å²) in [5.74, 6) is 0.564. The van der Waals surface area contributed by atoms with Gasteiger partial charge in [0.2, 0.25) is 11.6 Å². The molecule has 0 unspecified atom stereocenters. The number of hydrogen-bond donors (Lipinski definition) is 2. The summed E-state index contributed by atoms with van der Waals surface area (Å²) in [6, 6.07) is 13.0. The molecule has 0 aliphatic heterocycles. The molecular formula is C20H17N7O2. The van der Waals surface area contributed by atoms with Gasteiger partial charge in [0.15, 0.2) is 0 Å². The van der Waals surface area contributed by atoms with Crippen LogP contribution in [0.3, 0.4) is 0 Å². The zero-order valence-corrected chi connectivity index (χ0v) is 15.7. The summed E-state index contributed by atoms with van der Waals surface area (Å²) in [6.07, 6.45) is 2.92. The van der Waals surface area contributed by atoms with Gasteiger partial charge in [0.05, 0.1) is 16.1 Å². The first kappa shape index (κ1) is 18.2. The normalized spacial score (nSPS) is 10.7. The van der Waals surface area contributed by atoms with Crippen LogP contribution in [0.4, 0.5) is 28.8 Å². The van der Waals surface area contributed by atoms with Crippen molar-refractivity contribution >= 4 is 39.7 Å². The Labute approximate surface area is 166 Å². The van der Waals surface area contributed by atoms with Crippen LogP contribution in [0.2, 0.25) is 0 Å². The number of para-hydroxylation sites is 1. The molecule has 0 saturated carbocycles. The van der Waals surface area contributed by atoms with Crippen LogP contribution in [0.15, 0.2) is 55.0 Å². The van der Waals surface area contributed by atoms with Gasteiger partial charge in [0.25, 0.3) is 0 Å².